The van der Waals surface area contributed by atoms with Crippen molar-refractivity contribution in [3.63, 3.8) is 0 Å². The maximum Gasteiger partial charge on any atom is 0.263 e. The summed E-state index contributed by atoms with van der Waals surface area (Å²) in [5.41, 5.74) is 5.27. The molecule has 3 aromatic carbocycles. The normalized spacial score (nSPS) is 10.9. The van der Waals surface area contributed by atoms with Crippen molar-refractivity contribution in [3.05, 3.63) is 111 Å². The van der Waals surface area contributed by atoms with E-state index in [-0.39, 0.29) is 5.91 Å². The van der Waals surface area contributed by atoms with Crippen molar-refractivity contribution >= 4 is 40.4 Å². The van der Waals surface area contributed by atoms with Crippen molar-refractivity contribution in [2.45, 2.75) is 13.5 Å². The van der Waals surface area contributed by atoms with Crippen LogP contribution in [-0.2, 0) is 6.54 Å². The highest BCUT2D eigenvalue weighted by molar-refractivity contribution is 7.16. The zero-order chi connectivity index (χ0) is 24.4. The van der Waals surface area contributed by atoms with E-state index in [9.17, 15) is 4.79 Å². The van der Waals surface area contributed by atoms with E-state index in [0.717, 1.165) is 28.1 Å². The van der Waals surface area contributed by atoms with Gasteiger partial charge >= 0.3 is 0 Å². The van der Waals surface area contributed by atoms with E-state index in [4.69, 9.17) is 33.3 Å². The third-order valence-electron chi connectivity index (χ3n) is 5.46. The van der Waals surface area contributed by atoms with Crippen LogP contribution < -0.4 is 5.32 Å². The number of amides is 1. The van der Waals surface area contributed by atoms with Gasteiger partial charge in [0.15, 0.2) is 0 Å². The van der Waals surface area contributed by atoms with Gasteiger partial charge < -0.3 is 5.32 Å². The van der Waals surface area contributed by atoms with Gasteiger partial charge in [0.1, 0.15) is 4.88 Å². The summed E-state index contributed by atoms with van der Waals surface area (Å²) in [6.07, 6.45) is 0. The van der Waals surface area contributed by atoms with Crippen molar-refractivity contribution in [2.24, 2.45) is 0 Å². The second-order valence-electron chi connectivity index (χ2n) is 7.90. The molecule has 35 heavy (non-hydrogen) atoms. The van der Waals surface area contributed by atoms with Gasteiger partial charge in [-0.2, -0.15) is 5.10 Å². The summed E-state index contributed by atoms with van der Waals surface area (Å²) in [5, 5.41) is 9.37. The summed E-state index contributed by atoms with van der Waals surface area (Å²) in [6.45, 7) is 2.16. The number of nitrogens with zero attached hydrogens (tertiary/aromatic N) is 3. The predicted octanol–water partition coefficient (Wildman–Crippen LogP) is 7.21. The van der Waals surface area contributed by atoms with Crippen LogP contribution in [0.1, 0.15) is 20.9 Å². The lowest BCUT2D eigenvalue weighted by molar-refractivity contribution is 0.0954. The second-order valence-corrected chi connectivity index (χ2v) is 9.69. The van der Waals surface area contributed by atoms with Gasteiger partial charge in [-0.15, -0.1) is 0 Å². The van der Waals surface area contributed by atoms with Crippen molar-refractivity contribution in [1.29, 1.82) is 0 Å². The Hall–Kier alpha value is -3.45. The zero-order valence-corrected chi connectivity index (χ0v) is 21.0. The minimum absolute atomic E-state index is 0.200. The van der Waals surface area contributed by atoms with Crippen LogP contribution in [0.3, 0.4) is 0 Å². The number of halogens is 2. The van der Waals surface area contributed by atoms with Gasteiger partial charge in [-0.3, -0.25) is 4.79 Å². The molecule has 0 bridgehead atoms. The second kappa shape index (κ2) is 10.0. The smallest absolute Gasteiger partial charge is 0.263 e. The minimum atomic E-state index is -0.200. The molecular weight excluding hydrogens is 499 g/mol. The lowest BCUT2D eigenvalue weighted by Crippen LogP contribution is -2.22. The van der Waals surface area contributed by atoms with Gasteiger partial charge in [-0.05, 0) is 30.7 Å². The van der Waals surface area contributed by atoms with Gasteiger partial charge in [0.25, 0.3) is 5.91 Å². The molecule has 0 aliphatic heterocycles. The van der Waals surface area contributed by atoms with E-state index >= 15 is 0 Å². The molecule has 0 spiro atoms. The molecule has 0 unspecified atom stereocenters. The zero-order valence-electron chi connectivity index (χ0n) is 18.7. The van der Waals surface area contributed by atoms with Crippen molar-refractivity contribution in [1.82, 2.24) is 20.1 Å². The molecule has 0 aliphatic carbocycles. The summed E-state index contributed by atoms with van der Waals surface area (Å²) in [4.78, 5) is 18.2. The molecule has 0 atom stereocenters. The quantitative estimate of drug-likeness (QED) is 0.258. The Balaban J connectivity index is 1.47. The highest BCUT2D eigenvalue weighted by Gasteiger charge is 2.20. The third kappa shape index (κ3) is 5.00. The molecule has 1 amide bonds. The van der Waals surface area contributed by atoms with E-state index in [1.165, 1.54) is 11.3 Å². The molecule has 1 N–H and O–H groups in total. The number of carbonyl (C=O) groups is 1. The van der Waals surface area contributed by atoms with Crippen LogP contribution in [0.2, 0.25) is 10.0 Å². The molecule has 0 saturated carbocycles. The Morgan fingerprint density at radius 2 is 1.60 bits per heavy atom. The van der Waals surface area contributed by atoms with Crippen LogP contribution in [0.4, 0.5) is 0 Å². The lowest BCUT2D eigenvalue weighted by atomic mass is 10.1. The number of hydrogen-bond acceptors (Lipinski definition) is 4. The van der Waals surface area contributed by atoms with Gasteiger partial charge in [0.05, 0.1) is 27.1 Å². The molecule has 8 heteroatoms. The molecule has 174 valence electrons. The van der Waals surface area contributed by atoms with Crippen LogP contribution in [-0.4, -0.2) is 20.7 Å². The number of aryl methyl sites for hydroxylation is 1. The molecule has 0 fully saturated rings. The van der Waals surface area contributed by atoms with E-state index in [2.05, 4.69) is 5.32 Å². The van der Waals surface area contributed by atoms with Crippen LogP contribution in [0, 0.1) is 6.92 Å². The third-order valence-corrected chi connectivity index (χ3v) is 7.33. The summed E-state index contributed by atoms with van der Waals surface area (Å²) >= 11 is 13.4. The summed E-state index contributed by atoms with van der Waals surface area (Å²) in [7, 11) is 0. The van der Waals surface area contributed by atoms with Crippen LogP contribution in [0.5, 0.6) is 0 Å². The number of thiazole rings is 1. The monoisotopic (exact) mass is 518 g/mol. The first-order valence-electron chi connectivity index (χ1n) is 10.9. The fourth-order valence-electron chi connectivity index (χ4n) is 3.69. The Kier molecular flexibility index (Phi) is 6.68. The van der Waals surface area contributed by atoms with E-state index in [1.54, 1.807) is 12.1 Å². The van der Waals surface area contributed by atoms with E-state index in [0.29, 0.717) is 32.3 Å². The lowest BCUT2D eigenvalue weighted by Gasteiger charge is -2.05. The molecule has 5 aromatic rings. The standard InChI is InChI=1S/C27H20Cl2N4OS/c1-17-25(26(34)30-16-18-12-13-21(28)22(29)14-18)35-27(31-17)33-24(20-10-6-3-7-11-20)15-23(32-33)19-8-4-2-5-9-19/h2-15H,16H2,1H3,(H,30,34). The van der Waals surface area contributed by atoms with Crippen LogP contribution >= 0.6 is 34.5 Å². The Morgan fingerprint density at radius 3 is 2.29 bits per heavy atom. The highest BCUT2D eigenvalue weighted by atomic mass is 35.5. The first kappa shape index (κ1) is 23.3. The van der Waals surface area contributed by atoms with Crippen molar-refractivity contribution < 1.29 is 4.79 Å². The predicted molar refractivity (Wildman–Crippen MR) is 142 cm³/mol. The van der Waals surface area contributed by atoms with E-state index < -0.39 is 0 Å². The largest absolute Gasteiger partial charge is 0.347 e. The molecule has 0 aliphatic rings. The van der Waals surface area contributed by atoms with Crippen molar-refractivity contribution in [2.75, 3.05) is 0 Å². The molecule has 5 nitrogen and oxygen atoms in total. The number of rotatable bonds is 6. The molecule has 2 heterocycles. The first-order valence-corrected chi connectivity index (χ1v) is 12.5. The Morgan fingerprint density at radius 1 is 0.914 bits per heavy atom. The van der Waals surface area contributed by atoms with Gasteiger partial charge in [0.2, 0.25) is 5.13 Å². The number of aromatic nitrogens is 3. The van der Waals surface area contributed by atoms with Crippen LogP contribution in [0.25, 0.3) is 27.6 Å². The molecule has 0 saturated heterocycles. The Bertz CT molecular complexity index is 1500. The number of benzene rings is 3. The highest BCUT2D eigenvalue weighted by Crippen LogP contribution is 2.31. The fraction of sp³-hybridized carbons (Fsp3) is 0.0741. The number of hydrogen-bond donors (Lipinski definition) is 1. The topological polar surface area (TPSA) is 59.8 Å². The van der Waals surface area contributed by atoms with Gasteiger partial charge in [0, 0.05) is 17.7 Å². The van der Waals surface area contributed by atoms with E-state index in [1.807, 2.05) is 84.4 Å². The molecule has 0 radical (unpaired) electrons. The average molecular weight is 519 g/mol. The summed E-state index contributed by atoms with van der Waals surface area (Å²) in [6, 6.07) is 27.4. The maximum absolute atomic E-state index is 13.0. The number of nitrogens with one attached hydrogen (secondary N) is 1. The molecule has 2 aromatic heterocycles. The summed E-state index contributed by atoms with van der Waals surface area (Å²) in [5.74, 6) is -0.200. The number of carbonyl (C=O) groups excluding carboxylic acids is 1. The average Bonchev–Trinajstić information content (AvgIpc) is 3.50. The summed E-state index contributed by atoms with van der Waals surface area (Å²) < 4.78 is 1.81. The van der Waals surface area contributed by atoms with Gasteiger partial charge in [-0.1, -0.05) is 101 Å². The molecule has 5 rings (SSSR count). The minimum Gasteiger partial charge on any atom is -0.347 e. The molecular formula is C27H20Cl2N4OS. The first-order chi connectivity index (χ1) is 17.0. The fourth-order valence-corrected chi connectivity index (χ4v) is 4.96. The maximum atomic E-state index is 13.0. The Labute approximate surface area is 217 Å². The van der Waals surface area contributed by atoms with Crippen LogP contribution in [0.15, 0.2) is 84.9 Å². The van der Waals surface area contributed by atoms with Gasteiger partial charge in [-0.25, -0.2) is 9.67 Å². The SMILES string of the molecule is Cc1nc(-n2nc(-c3ccccc3)cc2-c2ccccc2)sc1C(=O)NCc1ccc(Cl)c(Cl)c1. The van der Waals surface area contributed by atoms with Crippen molar-refractivity contribution in [3.8, 4) is 27.6 Å².